The fraction of sp³-hybridized carbons (Fsp3) is 0.227. The number of amides is 2. The van der Waals surface area contributed by atoms with Gasteiger partial charge in [0.2, 0.25) is 6.79 Å². The van der Waals surface area contributed by atoms with Gasteiger partial charge in [-0.15, -0.1) is 0 Å². The van der Waals surface area contributed by atoms with Gasteiger partial charge in [-0.2, -0.15) is 5.10 Å². The van der Waals surface area contributed by atoms with E-state index in [0.717, 1.165) is 16.5 Å². The summed E-state index contributed by atoms with van der Waals surface area (Å²) in [5.74, 6) is 0.301. The molecule has 8 heteroatoms. The lowest BCUT2D eigenvalue weighted by molar-refractivity contribution is -0.120. The van der Waals surface area contributed by atoms with Crippen molar-refractivity contribution in [3.05, 3.63) is 59.8 Å². The SMILES string of the molecule is CC(C)n1cc(/C=N/NC(=O)CNC(=O)c2ccc3c(c2)OCO3)c2ccccc21. The van der Waals surface area contributed by atoms with E-state index in [2.05, 4.69) is 40.3 Å². The summed E-state index contributed by atoms with van der Waals surface area (Å²) in [6.07, 6.45) is 3.62. The molecule has 1 aliphatic rings. The van der Waals surface area contributed by atoms with E-state index in [-0.39, 0.29) is 19.2 Å². The van der Waals surface area contributed by atoms with E-state index in [1.165, 1.54) is 0 Å². The molecule has 0 atom stereocenters. The van der Waals surface area contributed by atoms with Crippen LogP contribution in [0.15, 0.2) is 53.8 Å². The molecule has 0 saturated heterocycles. The van der Waals surface area contributed by atoms with Crippen molar-refractivity contribution in [1.29, 1.82) is 0 Å². The zero-order valence-electron chi connectivity index (χ0n) is 16.7. The minimum Gasteiger partial charge on any atom is -0.454 e. The molecule has 30 heavy (non-hydrogen) atoms. The van der Waals surface area contributed by atoms with E-state index in [9.17, 15) is 9.59 Å². The number of para-hydroxylation sites is 1. The van der Waals surface area contributed by atoms with Crippen molar-refractivity contribution < 1.29 is 19.1 Å². The lowest BCUT2D eigenvalue weighted by atomic mass is 10.2. The first kappa shape index (κ1) is 19.5. The van der Waals surface area contributed by atoms with Crippen LogP contribution in [0.25, 0.3) is 10.9 Å². The Hall–Kier alpha value is -3.81. The molecule has 2 aromatic carbocycles. The number of benzene rings is 2. The number of nitrogens with one attached hydrogen (secondary N) is 2. The van der Waals surface area contributed by atoms with Gasteiger partial charge in [0.05, 0.1) is 12.8 Å². The molecule has 0 spiro atoms. The summed E-state index contributed by atoms with van der Waals surface area (Å²) in [6, 6.07) is 13.2. The maximum absolute atomic E-state index is 12.2. The molecule has 0 fully saturated rings. The lowest BCUT2D eigenvalue weighted by Gasteiger charge is -2.08. The summed E-state index contributed by atoms with van der Waals surface area (Å²) in [4.78, 5) is 24.3. The molecule has 0 bridgehead atoms. The Balaban J connectivity index is 1.34. The van der Waals surface area contributed by atoms with Gasteiger partial charge in [-0.25, -0.2) is 5.43 Å². The van der Waals surface area contributed by atoms with Crippen molar-refractivity contribution in [3.63, 3.8) is 0 Å². The molecule has 2 N–H and O–H groups in total. The number of hydrazone groups is 1. The third-order valence-corrected chi connectivity index (χ3v) is 4.76. The molecule has 1 aromatic heterocycles. The van der Waals surface area contributed by atoms with Gasteiger partial charge in [0, 0.05) is 34.3 Å². The van der Waals surface area contributed by atoms with E-state index < -0.39 is 5.91 Å². The molecule has 154 valence electrons. The standard InChI is InChI=1S/C22H22N4O4/c1-14(2)26-12-16(17-5-3-4-6-18(17)26)10-24-25-21(27)11-23-22(28)15-7-8-19-20(9-15)30-13-29-19/h3-10,12,14H,11,13H2,1-2H3,(H,23,28)(H,25,27)/b24-10+. The molecule has 8 nitrogen and oxygen atoms in total. The fourth-order valence-corrected chi connectivity index (χ4v) is 3.28. The van der Waals surface area contributed by atoms with Gasteiger partial charge >= 0.3 is 0 Å². The van der Waals surface area contributed by atoms with Gasteiger partial charge in [-0.1, -0.05) is 18.2 Å². The number of hydrogen-bond acceptors (Lipinski definition) is 5. The van der Waals surface area contributed by atoms with Crippen LogP contribution < -0.4 is 20.2 Å². The molecule has 0 radical (unpaired) electrons. The number of aromatic nitrogens is 1. The Labute approximate surface area is 173 Å². The average molecular weight is 406 g/mol. The minimum absolute atomic E-state index is 0.136. The molecule has 4 rings (SSSR count). The van der Waals surface area contributed by atoms with Gasteiger partial charge in [-0.05, 0) is 38.1 Å². The van der Waals surface area contributed by atoms with E-state index in [0.29, 0.717) is 23.1 Å². The highest BCUT2D eigenvalue weighted by Gasteiger charge is 2.16. The number of ether oxygens (including phenoxy) is 2. The average Bonchev–Trinajstić information content (AvgIpc) is 3.36. The highest BCUT2D eigenvalue weighted by atomic mass is 16.7. The first-order valence-electron chi connectivity index (χ1n) is 9.62. The second kappa shape index (κ2) is 8.28. The minimum atomic E-state index is -0.423. The number of hydrogen-bond donors (Lipinski definition) is 2. The van der Waals surface area contributed by atoms with Crippen LogP contribution >= 0.6 is 0 Å². The number of carbonyl (C=O) groups is 2. The van der Waals surface area contributed by atoms with Crippen LogP contribution in [0, 0.1) is 0 Å². The van der Waals surface area contributed by atoms with Crippen molar-refractivity contribution in [3.8, 4) is 11.5 Å². The van der Waals surface area contributed by atoms with Crippen LogP contribution in [-0.2, 0) is 4.79 Å². The molecule has 2 heterocycles. The topological polar surface area (TPSA) is 94.0 Å². The number of carbonyl (C=O) groups excluding carboxylic acids is 2. The zero-order chi connectivity index (χ0) is 21.1. The summed E-state index contributed by atoms with van der Waals surface area (Å²) in [5.41, 5.74) is 4.84. The fourth-order valence-electron chi connectivity index (χ4n) is 3.28. The van der Waals surface area contributed by atoms with E-state index in [1.54, 1.807) is 24.4 Å². The highest BCUT2D eigenvalue weighted by Crippen LogP contribution is 2.32. The van der Waals surface area contributed by atoms with E-state index >= 15 is 0 Å². The largest absolute Gasteiger partial charge is 0.454 e. The van der Waals surface area contributed by atoms with Gasteiger partial charge in [-0.3, -0.25) is 9.59 Å². The van der Waals surface area contributed by atoms with Crippen molar-refractivity contribution in [1.82, 2.24) is 15.3 Å². The predicted octanol–water partition coefficient (Wildman–Crippen LogP) is 2.83. The summed E-state index contributed by atoms with van der Waals surface area (Å²) in [5, 5.41) is 7.65. The van der Waals surface area contributed by atoms with Crippen LogP contribution in [0.2, 0.25) is 0 Å². The quantitative estimate of drug-likeness (QED) is 0.486. The van der Waals surface area contributed by atoms with Crippen molar-refractivity contribution in [2.24, 2.45) is 5.10 Å². The normalized spacial score (nSPS) is 12.6. The van der Waals surface area contributed by atoms with Crippen LogP contribution in [0.5, 0.6) is 11.5 Å². The van der Waals surface area contributed by atoms with Crippen LogP contribution in [-0.4, -0.2) is 35.9 Å². The van der Waals surface area contributed by atoms with Crippen molar-refractivity contribution in [2.75, 3.05) is 13.3 Å². The molecule has 2 amide bonds. The molecular formula is C22H22N4O4. The first-order chi connectivity index (χ1) is 14.5. The Kier molecular flexibility index (Phi) is 5.38. The van der Waals surface area contributed by atoms with Gasteiger partial charge in [0.25, 0.3) is 11.8 Å². The molecular weight excluding hydrogens is 384 g/mol. The van der Waals surface area contributed by atoms with Gasteiger partial charge < -0.3 is 19.4 Å². The number of fused-ring (bicyclic) bond motifs is 2. The zero-order valence-corrected chi connectivity index (χ0v) is 16.7. The first-order valence-corrected chi connectivity index (χ1v) is 9.62. The van der Waals surface area contributed by atoms with Crippen LogP contribution in [0.1, 0.15) is 35.8 Å². The van der Waals surface area contributed by atoms with Crippen LogP contribution in [0.4, 0.5) is 0 Å². The molecule has 0 saturated carbocycles. The Morgan fingerprint density at radius 2 is 1.97 bits per heavy atom. The maximum atomic E-state index is 12.2. The molecule has 1 aliphatic heterocycles. The molecule has 0 aliphatic carbocycles. The molecule has 3 aromatic rings. The summed E-state index contributed by atoms with van der Waals surface area (Å²) < 4.78 is 12.6. The van der Waals surface area contributed by atoms with Crippen molar-refractivity contribution in [2.45, 2.75) is 19.9 Å². The van der Waals surface area contributed by atoms with E-state index in [1.807, 2.05) is 24.4 Å². The second-order valence-corrected chi connectivity index (χ2v) is 7.15. The Bertz CT molecular complexity index is 1130. The molecule has 0 unspecified atom stereocenters. The van der Waals surface area contributed by atoms with Gasteiger partial charge in [0.15, 0.2) is 11.5 Å². The highest BCUT2D eigenvalue weighted by molar-refractivity contribution is 6.00. The maximum Gasteiger partial charge on any atom is 0.259 e. The number of rotatable bonds is 6. The number of nitrogens with zero attached hydrogens (tertiary/aromatic N) is 2. The smallest absolute Gasteiger partial charge is 0.259 e. The Morgan fingerprint density at radius 3 is 2.80 bits per heavy atom. The van der Waals surface area contributed by atoms with Crippen molar-refractivity contribution >= 4 is 28.9 Å². The summed E-state index contributed by atoms with van der Waals surface area (Å²) >= 11 is 0. The summed E-state index contributed by atoms with van der Waals surface area (Å²) in [6.45, 7) is 4.16. The van der Waals surface area contributed by atoms with E-state index in [4.69, 9.17) is 9.47 Å². The predicted molar refractivity (Wildman–Crippen MR) is 113 cm³/mol. The second-order valence-electron chi connectivity index (χ2n) is 7.15. The summed E-state index contributed by atoms with van der Waals surface area (Å²) in [7, 11) is 0. The monoisotopic (exact) mass is 406 g/mol. The third kappa shape index (κ3) is 3.98. The Morgan fingerprint density at radius 1 is 1.17 bits per heavy atom. The third-order valence-electron chi connectivity index (χ3n) is 4.76. The van der Waals surface area contributed by atoms with Gasteiger partial charge in [0.1, 0.15) is 0 Å². The lowest BCUT2D eigenvalue weighted by Crippen LogP contribution is -2.34. The van der Waals surface area contributed by atoms with Crippen LogP contribution in [0.3, 0.4) is 0 Å².